The molecule has 112 valence electrons. The Balaban J connectivity index is 0.00000110. The fraction of sp³-hybridized carbons (Fsp3) is 0.500. The van der Waals surface area contributed by atoms with E-state index < -0.39 is 0 Å². The third-order valence-electron chi connectivity index (χ3n) is 3.37. The maximum atomic E-state index is 5.96. The van der Waals surface area contributed by atoms with Gasteiger partial charge in [-0.3, -0.25) is 0 Å². The molecule has 1 heterocycles. The highest BCUT2D eigenvalue weighted by Crippen LogP contribution is 2.38. The lowest BCUT2D eigenvalue weighted by Crippen LogP contribution is -2.41. The number of allylic oxidation sites excluding steroid dienone is 5. The zero-order valence-corrected chi connectivity index (χ0v) is 13.7. The predicted molar refractivity (Wildman–Crippen MR) is 88.2 cm³/mol. The summed E-state index contributed by atoms with van der Waals surface area (Å²) >= 11 is 0. The number of rotatable bonds is 3. The molecule has 1 saturated heterocycles. The van der Waals surface area contributed by atoms with E-state index in [4.69, 9.17) is 9.31 Å². The van der Waals surface area contributed by atoms with Crippen molar-refractivity contribution in [3.63, 3.8) is 0 Å². The van der Waals surface area contributed by atoms with E-state index in [9.17, 15) is 0 Å². The van der Waals surface area contributed by atoms with Crippen LogP contribution in [0.4, 0.5) is 0 Å². The molecule has 0 bridgehead atoms. The molecule has 1 rings (SSSR count). The Morgan fingerprint density at radius 1 is 1.00 bits per heavy atom. The number of nitrogens with two attached hydrogens (primary N) is 1. The molecule has 2 N–H and O–H groups in total. The van der Waals surface area contributed by atoms with Gasteiger partial charge >= 0.3 is 7.12 Å². The first-order chi connectivity index (χ1) is 9.11. The van der Waals surface area contributed by atoms with E-state index in [1.807, 2.05) is 12.2 Å². The van der Waals surface area contributed by atoms with E-state index in [0.29, 0.717) is 0 Å². The van der Waals surface area contributed by atoms with Crippen LogP contribution in [-0.4, -0.2) is 18.3 Å². The second-order valence-corrected chi connectivity index (χ2v) is 5.94. The Morgan fingerprint density at radius 2 is 1.40 bits per heavy atom. The summed E-state index contributed by atoms with van der Waals surface area (Å²) in [5, 5.41) is 0. The van der Waals surface area contributed by atoms with E-state index in [-0.39, 0.29) is 18.3 Å². The van der Waals surface area contributed by atoms with Crippen LogP contribution >= 0.6 is 0 Å². The Kier molecular flexibility index (Phi) is 7.04. The van der Waals surface area contributed by atoms with Gasteiger partial charge in [-0.1, -0.05) is 37.0 Å². The molecule has 1 fully saturated rings. The van der Waals surface area contributed by atoms with Crippen molar-refractivity contribution in [1.29, 1.82) is 0 Å². The van der Waals surface area contributed by atoms with Crippen LogP contribution in [0.25, 0.3) is 0 Å². The minimum Gasteiger partial charge on any atom is -0.405 e. The maximum absolute atomic E-state index is 5.96. The number of hydrogen-bond donors (Lipinski definition) is 1. The molecule has 0 aromatic rings. The molecule has 1 aliphatic rings. The molecule has 0 spiro atoms. The molecular weight excluding hydrogens is 249 g/mol. The second-order valence-electron chi connectivity index (χ2n) is 5.94. The first kappa shape index (κ1) is 18.7. The summed E-state index contributed by atoms with van der Waals surface area (Å²) < 4.78 is 11.9. The average molecular weight is 277 g/mol. The molecule has 0 aromatic carbocycles. The van der Waals surface area contributed by atoms with Crippen LogP contribution < -0.4 is 5.73 Å². The van der Waals surface area contributed by atoms with Crippen molar-refractivity contribution in [2.75, 3.05) is 0 Å². The second kappa shape index (κ2) is 7.51. The van der Waals surface area contributed by atoms with Crippen LogP contribution in [0, 0.1) is 0 Å². The SMILES string of the molecule is C=C/C(=C\C=C(C)C)B1OC(C)(C)C(C)(C)O1.C=CN. The first-order valence-corrected chi connectivity index (χ1v) is 6.77. The lowest BCUT2D eigenvalue weighted by Gasteiger charge is -2.32. The minimum absolute atomic E-state index is 0.301. The average Bonchev–Trinajstić information content (AvgIpc) is 2.49. The van der Waals surface area contributed by atoms with Gasteiger partial charge in [0, 0.05) is 0 Å². The van der Waals surface area contributed by atoms with Gasteiger partial charge < -0.3 is 15.0 Å². The highest BCUT2D eigenvalue weighted by atomic mass is 16.7. The maximum Gasteiger partial charge on any atom is 0.494 e. The van der Waals surface area contributed by atoms with Crippen LogP contribution in [-0.2, 0) is 9.31 Å². The molecule has 0 amide bonds. The van der Waals surface area contributed by atoms with E-state index in [1.165, 1.54) is 11.8 Å². The summed E-state index contributed by atoms with van der Waals surface area (Å²) in [4.78, 5) is 0. The summed E-state index contributed by atoms with van der Waals surface area (Å²) in [7, 11) is -0.326. The van der Waals surface area contributed by atoms with Gasteiger partial charge in [0.25, 0.3) is 0 Å². The molecule has 0 aromatic heterocycles. The smallest absolute Gasteiger partial charge is 0.405 e. The fourth-order valence-electron chi connectivity index (χ4n) is 1.48. The standard InChI is InChI=1S/C14H23BO2.C2H5N/c1-8-12(10-9-11(2)3)15-16-13(4,5)14(6,7)17-15;1-2-3/h8-10H,1H2,2-7H3;2H,1,3H2/b12-10+;. The molecule has 0 unspecified atom stereocenters. The predicted octanol–water partition coefficient (Wildman–Crippen LogP) is 3.79. The zero-order valence-electron chi connectivity index (χ0n) is 13.7. The zero-order chi connectivity index (χ0) is 16.0. The molecular formula is C16H28BNO2. The van der Waals surface area contributed by atoms with Crippen molar-refractivity contribution in [2.24, 2.45) is 5.73 Å². The summed E-state index contributed by atoms with van der Waals surface area (Å²) in [6.07, 6.45) is 7.09. The summed E-state index contributed by atoms with van der Waals surface area (Å²) in [6, 6.07) is 0. The lowest BCUT2D eigenvalue weighted by molar-refractivity contribution is 0.00578. The van der Waals surface area contributed by atoms with E-state index in [2.05, 4.69) is 60.4 Å². The van der Waals surface area contributed by atoms with Crippen LogP contribution in [0.5, 0.6) is 0 Å². The Bertz CT molecular complexity index is 389. The molecule has 0 saturated carbocycles. The van der Waals surface area contributed by atoms with Gasteiger partial charge in [-0.15, -0.1) is 0 Å². The largest absolute Gasteiger partial charge is 0.494 e. The molecule has 0 aliphatic carbocycles. The molecule has 4 heteroatoms. The van der Waals surface area contributed by atoms with Gasteiger partial charge in [-0.2, -0.15) is 0 Å². The fourth-order valence-corrected chi connectivity index (χ4v) is 1.48. The van der Waals surface area contributed by atoms with Crippen LogP contribution in [0.15, 0.2) is 48.6 Å². The van der Waals surface area contributed by atoms with Gasteiger partial charge in [0.15, 0.2) is 0 Å². The van der Waals surface area contributed by atoms with Gasteiger partial charge in [0.05, 0.1) is 11.2 Å². The van der Waals surface area contributed by atoms with Gasteiger partial charge in [0.2, 0.25) is 0 Å². The lowest BCUT2D eigenvalue weighted by atomic mass is 9.78. The quantitative estimate of drug-likeness (QED) is 0.630. The summed E-state index contributed by atoms with van der Waals surface area (Å²) in [5.74, 6) is 0. The molecule has 1 aliphatic heterocycles. The van der Waals surface area contributed by atoms with Crippen molar-refractivity contribution in [1.82, 2.24) is 0 Å². The van der Waals surface area contributed by atoms with Crippen molar-refractivity contribution in [2.45, 2.75) is 52.7 Å². The van der Waals surface area contributed by atoms with Crippen molar-refractivity contribution in [3.8, 4) is 0 Å². The summed E-state index contributed by atoms with van der Waals surface area (Å²) in [5.41, 5.74) is 6.21. The molecule has 20 heavy (non-hydrogen) atoms. The minimum atomic E-state index is -0.326. The Hall–Kier alpha value is -1.26. The molecule has 0 radical (unpaired) electrons. The monoisotopic (exact) mass is 277 g/mol. The van der Waals surface area contributed by atoms with Crippen molar-refractivity contribution in [3.05, 3.63) is 48.6 Å². The van der Waals surface area contributed by atoms with E-state index in [0.717, 1.165) is 5.47 Å². The highest BCUT2D eigenvalue weighted by Gasteiger charge is 2.51. The molecule has 0 atom stereocenters. The van der Waals surface area contributed by atoms with Gasteiger partial charge in [-0.25, -0.2) is 0 Å². The Labute approximate surface area is 124 Å². The highest BCUT2D eigenvalue weighted by molar-refractivity contribution is 6.55. The van der Waals surface area contributed by atoms with E-state index in [1.54, 1.807) is 6.08 Å². The Morgan fingerprint density at radius 3 is 1.70 bits per heavy atom. The van der Waals surface area contributed by atoms with Gasteiger partial charge in [0.1, 0.15) is 0 Å². The van der Waals surface area contributed by atoms with Crippen LogP contribution in [0.2, 0.25) is 0 Å². The van der Waals surface area contributed by atoms with Crippen LogP contribution in [0.3, 0.4) is 0 Å². The van der Waals surface area contributed by atoms with Crippen molar-refractivity contribution < 1.29 is 9.31 Å². The molecule has 3 nitrogen and oxygen atoms in total. The normalized spacial score (nSPS) is 19.7. The topological polar surface area (TPSA) is 44.5 Å². The third-order valence-corrected chi connectivity index (χ3v) is 3.37. The van der Waals surface area contributed by atoms with Crippen LogP contribution in [0.1, 0.15) is 41.5 Å². The van der Waals surface area contributed by atoms with E-state index >= 15 is 0 Å². The summed E-state index contributed by atoms with van der Waals surface area (Å²) in [6.45, 7) is 19.3. The number of hydrogen-bond acceptors (Lipinski definition) is 3. The third kappa shape index (κ3) is 5.02. The van der Waals surface area contributed by atoms with Gasteiger partial charge in [-0.05, 0) is 53.2 Å². The van der Waals surface area contributed by atoms with Crippen molar-refractivity contribution >= 4 is 7.12 Å². The first-order valence-electron chi connectivity index (χ1n) is 6.77.